The number of aryl methyl sites for hydroxylation is 3. The van der Waals surface area contributed by atoms with E-state index in [-0.39, 0.29) is 18.7 Å². The van der Waals surface area contributed by atoms with Crippen LogP contribution in [0.1, 0.15) is 16.7 Å². The smallest absolute Gasteiger partial charge is 0.329 e. The van der Waals surface area contributed by atoms with Gasteiger partial charge < -0.3 is 19.3 Å². The van der Waals surface area contributed by atoms with Gasteiger partial charge in [-0.25, -0.2) is 4.79 Å². The lowest BCUT2D eigenvalue weighted by atomic mass is 10.1. The largest absolute Gasteiger partial charge is 0.491 e. The van der Waals surface area contributed by atoms with Crippen LogP contribution in [0.2, 0.25) is 0 Å². The fourth-order valence-electron chi connectivity index (χ4n) is 4.84. The summed E-state index contributed by atoms with van der Waals surface area (Å²) in [4.78, 5) is 36.7. The van der Waals surface area contributed by atoms with Crippen molar-refractivity contribution in [3.8, 4) is 5.75 Å². The van der Waals surface area contributed by atoms with Gasteiger partial charge in [-0.2, -0.15) is 4.98 Å². The Kier molecular flexibility index (Phi) is 7.35. The van der Waals surface area contributed by atoms with Gasteiger partial charge in [0.05, 0.1) is 6.54 Å². The fraction of sp³-hybridized carbons (Fsp3) is 0.393. The first-order chi connectivity index (χ1) is 18.3. The Morgan fingerprint density at radius 1 is 1.03 bits per heavy atom. The monoisotopic (exact) mass is 518 g/mol. The van der Waals surface area contributed by atoms with Gasteiger partial charge in [0.1, 0.15) is 18.5 Å². The maximum Gasteiger partial charge on any atom is 0.329 e. The molecule has 10 heteroatoms. The summed E-state index contributed by atoms with van der Waals surface area (Å²) in [6, 6.07) is 16.2. The minimum atomic E-state index is -0.899. The van der Waals surface area contributed by atoms with E-state index in [0.29, 0.717) is 30.4 Å². The van der Waals surface area contributed by atoms with Gasteiger partial charge in [0.25, 0.3) is 5.56 Å². The maximum absolute atomic E-state index is 12.9. The number of ether oxygens (including phenoxy) is 1. The molecule has 3 heterocycles. The number of rotatable bonds is 8. The maximum atomic E-state index is 12.9. The van der Waals surface area contributed by atoms with Crippen LogP contribution in [0.3, 0.4) is 0 Å². The number of hydrogen-bond acceptors (Lipinski definition) is 7. The highest BCUT2D eigenvalue weighted by atomic mass is 16.5. The van der Waals surface area contributed by atoms with Gasteiger partial charge >= 0.3 is 5.69 Å². The van der Waals surface area contributed by atoms with Gasteiger partial charge in [-0.1, -0.05) is 36.4 Å². The highest BCUT2D eigenvalue weighted by Gasteiger charge is 2.26. The van der Waals surface area contributed by atoms with E-state index in [2.05, 4.69) is 26.9 Å². The summed E-state index contributed by atoms with van der Waals surface area (Å²) < 4.78 is 8.90. The Morgan fingerprint density at radius 3 is 2.47 bits per heavy atom. The number of benzene rings is 2. The molecule has 4 aromatic rings. The van der Waals surface area contributed by atoms with Crippen LogP contribution in [0.25, 0.3) is 11.2 Å². The number of hydrogen-bond donors (Lipinski definition) is 2. The highest BCUT2D eigenvalue weighted by molar-refractivity contribution is 5.74. The third-order valence-electron chi connectivity index (χ3n) is 7.21. The predicted molar refractivity (Wildman–Crippen MR) is 147 cm³/mol. The van der Waals surface area contributed by atoms with Gasteiger partial charge in [-0.15, -0.1) is 0 Å². The van der Waals surface area contributed by atoms with Crippen molar-refractivity contribution < 1.29 is 9.84 Å². The molecule has 0 bridgehead atoms. The average Bonchev–Trinajstić information content (AvgIpc) is 3.29. The zero-order valence-corrected chi connectivity index (χ0v) is 22.1. The summed E-state index contributed by atoms with van der Waals surface area (Å²) >= 11 is 0. The number of imidazole rings is 1. The van der Waals surface area contributed by atoms with E-state index in [1.54, 1.807) is 11.6 Å². The Hall–Kier alpha value is -3.89. The third kappa shape index (κ3) is 5.36. The minimum Gasteiger partial charge on any atom is -0.491 e. The van der Waals surface area contributed by atoms with Gasteiger partial charge in [-0.3, -0.25) is 19.2 Å². The third-order valence-corrected chi connectivity index (χ3v) is 7.21. The number of anilines is 1. The predicted octanol–water partition coefficient (Wildman–Crippen LogP) is 1.80. The molecule has 0 saturated carbocycles. The van der Waals surface area contributed by atoms with Crippen molar-refractivity contribution in [2.75, 3.05) is 37.7 Å². The lowest BCUT2D eigenvalue weighted by Crippen LogP contribution is -2.47. The van der Waals surface area contributed by atoms with Crippen LogP contribution in [-0.4, -0.2) is 68.0 Å². The molecule has 1 atom stereocenters. The number of aliphatic hydroxyl groups excluding tert-OH is 1. The van der Waals surface area contributed by atoms with Crippen LogP contribution in [0, 0.1) is 13.8 Å². The summed E-state index contributed by atoms with van der Waals surface area (Å²) in [6.07, 6.45) is -0.899. The lowest BCUT2D eigenvalue weighted by molar-refractivity contribution is 0.0934. The second-order valence-corrected chi connectivity index (χ2v) is 9.97. The van der Waals surface area contributed by atoms with Crippen LogP contribution >= 0.6 is 0 Å². The van der Waals surface area contributed by atoms with Crippen molar-refractivity contribution in [1.82, 2.24) is 24.0 Å². The fourth-order valence-corrected chi connectivity index (χ4v) is 4.84. The van der Waals surface area contributed by atoms with Gasteiger partial charge in [0.15, 0.2) is 11.2 Å². The number of nitrogens with one attached hydrogen (secondary N) is 1. The van der Waals surface area contributed by atoms with Crippen molar-refractivity contribution in [1.29, 1.82) is 0 Å². The number of aromatic amines is 1. The molecule has 2 aromatic heterocycles. The molecular formula is C28H34N6O4. The van der Waals surface area contributed by atoms with E-state index in [1.807, 2.05) is 50.2 Å². The quantitative estimate of drug-likeness (QED) is 0.366. The van der Waals surface area contributed by atoms with Crippen molar-refractivity contribution in [2.45, 2.75) is 33.0 Å². The number of fused-ring (bicyclic) bond motifs is 1. The first-order valence-corrected chi connectivity index (χ1v) is 12.9. The van der Waals surface area contributed by atoms with E-state index < -0.39 is 17.4 Å². The molecule has 1 unspecified atom stereocenters. The zero-order chi connectivity index (χ0) is 26.8. The van der Waals surface area contributed by atoms with Gasteiger partial charge in [-0.05, 0) is 42.7 Å². The second-order valence-electron chi connectivity index (χ2n) is 9.97. The number of aromatic nitrogens is 4. The van der Waals surface area contributed by atoms with Crippen LogP contribution in [0.4, 0.5) is 5.95 Å². The van der Waals surface area contributed by atoms with E-state index in [0.717, 1.165) is 25.2 Å². The molecule has 0 aliphatic carbocycles. The summed E-state index contributed by atoms with van der Waals surface area (Å²) in [6.45, 7) is 8.13. The van der Waals surface area contributed by atoms with E-state index >= 15 is 0 Å². The number of piperazine rings is 1. The molecule has 2 aromatic carbocycles. The average molecular weight is 519 g/mol. The number of H-pyrrole nitrogens is 1. The van der Waals surface area contributed by atoms with Gasteiger partial charge in [0.2, 0.25) is 5.95 Å². The first kappa shape index (κ1) is 25.7. The van der Waals surface area contributed by atoms with E-state index in [4.69, 9.17) is 9.72 Å². The molecule has 200 valence electrons. The Labute approximate surface area is 220 Å². The summed E-state index contributed by atoms with van der Waals surface area (Å²) in [5.41, 5.74) is 3.06. The van der Waals surface area contributed by atoms with E-state index in [9.17, 15) is 14.7 Å². The van der Waals surface area contributed by atoms with Gasteiger partial charge in [0, 0.05) is 39.8 Å². The highest BCUT2D eigenvalue weighted by Crippen LogP contribution is 2.23. The molecule has 1 aliphatic heterocycles. The Bertz CT molecular complexity index is 1530. The van der Waals surface area contributed by atoms with Crippen LogP contribution in [-0.2, 0) is 20.1 Å². The molecule has 1 saturated heterocycles. The zero-order valence-electron chi connectivity index (χ0n) is 22.1. The molecule has 0 radical (unpaired) electrons. The van der Waals surface area contributed by atoms with Crippen molar-refractivity contribution >= 4 is 17.1 Å². The van der Waals surface area contributed by atoms with Crippen molar-refractivity contribution in [2.24, 2.45) is 7.05 Å². The molecule has 0 spiro atoms. The Morgan fingerprint density at radius 2 is 1.76 bits per heavy atom. The molecule has 0 amide bonds. The van der Waals surface area contributed by atoms with Crippen molar-refractivity contribution in [3.63, 3.8) is 0 Å². The topological polar surface area (TPSA) is 109 Å². The van der Waals surface area contributed by atoms with Crippen LogP contribution in [0.5, 0.6) is 5.75 Å². The molecular weight excluding hydrogens is 484 g/mol. The SMILES string of the molecule is Cc1ccc(OCC(O)Cn2c(N3CCN(Cc4ccccc4)CC3)nc3c2c(=O)[nH]c(=O)n3C)cc1C. The molecule has 2 N–H and O–H groups in total. The summed E-state index contributed by atoms with van der Waals surface area (Å²) in [5.74, 6) is 1.24. The normalized spacial score (nSPS) is 15.2. The second kappa shape index (κ2) is 10.8. The van der Waals surface area contributed by atoms with Crippen molar-refractivity contribution in [3.05, 3.63) is 86.1 Å². The standard InChI is InChI=1S/C28H34N6O4/c1-19-9-10-23(15-20(19)2)38-18-22(35)17-34-24-25(31(3)28(37)30-26(24)36)29-27(34)33-13-11-32(12-14-33)16-21-7-5-4-6-8-21/h4-10,15,22,35H,11-14,16-18H2,1-3H3,(H,30,36,37). The molecule has 1 fully saturated rings. The molecule has 10 nitrogen and oxygen atoms in total. The molecule has 38 heavy (non-hydrogen) atoms. The summed E-state index contributed by atoms with van der Waals surface area (Å²) in [5, 5.41) is 10.9. The number of aliphatic hydroxyl groups is 1. The van der Waals surface area contributed by atoms with Crippen LogP contribution < -0.4 is 20.9 Å². The molecule has 5 rings (SSSR count). The lowest BCUT2D eigenvalue weighted by Gasteiger charge is -2.35. The van der Waals surface area contributed by atoms with E-state index in [1.165, 1.54) is 15.7 Å². The molecule has 1 aliphatic rings. The Balaban J connectivity index is 1.37. The summed E-state index contributed by atoms with van der Waals surface area (Å²) in [7, 11) is 1.58. The van der Waals surface area contributed by atoms with Crippen LogP contribution in [0.15, 0.2) is 58.1 Å². The minimum absolute atomic E-state index is 0.0517. The first-order valence-electron chi connectivity index (χ1n) is 12.9. The number of nitrogens with zero attached hydrogens (tertiary/aromatic N) is 5.